The van der Waals surface area contributed by atoms with Crippen LogP contribution in [0.4, 0.5) is 0 Å². The van der Waals surface area contributed by atoms with Gasteiger partial charge in [-0.15, -0.1) is 22.7 Å². The van der Waals surface area contributed by atoms with Crippen LogP contribution >= 0.6 is 46.2 Å². The van der Waals surface area contributed by atoms with Gasteiger partial charge in [0.2, 0.25) is 0 Å². The summed E-state index contributed by atoms with van der Waals surface area (Å²) >= 11 is 7.27. The van der Waals surface area contributed by atoms with Gasteiger partial charge in [0.15, 0.2) is 9.92 Å². The molecular weight excluding hydrogens is 797 g/mol. The molecule has 4 unspecified atom stereocenters. The molecule has 8 nitrogen and oxygen atoms in total. The molecule has 0 saturated carbocycles. The first-order chi connectivity index (χ1) is 27.6. The lowest BCUT2D eigenvalue weighted by molar-refractivity contribution is -0.118. The van der Waals surface area contributed by atoms with Gasteiger partial charge in [-0.3, -0.25) is 18.4 Å². The van der Waals surface area contributed by atoms with E-state index in [0.29, 0.717) is 13.1 Å². The molecule has 6 heterocycles. The van der Waals surface area contributed by atoms with Crippen molar-refractivity contribution in [2.75, 3.05) is 13.1 Å². The Morgan fingerprint density at radius 2 is 1.12 bits per heavy atom. The number of thioether (sulfide) groups is 2. The number of carbonyl (C=O) groups excluding carboxylic acids is 2. The number of imidazole rings is 2. The van der Waals surface area contributed by atoms with E-state index < -0.39 is 0 Å². The van der Waals surface area contributed by atoms with Gasteiger partial charge in [-0.25, -0.2) is 9.97 Å². The molecule has 0 amide bonds. The van der Waals surface area contributed by atoms with Gasteiger partial charge < -0.3 is 9.80 Å². The smallest absolute Gasteiger partial charge is 0.194 e. The highest BCUT2D eigenvalue weighted by molar-refractivity contribution is 8.07. The van der Waals surface area contributed by atoms with Gasteiger partial charge in [0.1, 0.15) is 11.6 Å². The van der Waals surface area contributed by atoms with Gasteiger partial charge in [0.05, 0.1) is 34.5 Å². The van der Waals surface area contributed by atoms with Gasteiger partial charge in [-0.2, -0.15) is 0 Å². The third-order valence-corrected chi connectivity index (χ3v) is 16.5. The minimum absolute atomic E-state index is 0.212. The summed E-state index contributed by atoms with van der Waals surface area (Å²) in [7, 11) is 0. The number of ketones is 2. The summed E-state index contributed by atoms with van der Waals surface area (Å²) in [6.07, 6.45) is 19.0. The Morgan fingerprint density at radius 1 is 0.621 bits per heavy atom. The van der Waals surface area contributed by atoms with E-state index in [9.17, 15) is 9.59 Å². The number of aryl methyl sites for hydroxylation is 4. The van der Waals surface area contributed by atoms with Crippen LogP contribution in [0.5, 0.6) is 0 Å². The fourth-order valence-electron chi connectivity index (χ4n) is 8.92. The van der Waals surface area contributed by atoms with E-state index in [1.807, 2.05) is 22.7 Å². The summed E-state index contributed by atoms with van der Waals surface area (Å²) in [5, 5.41) is 2.06. The number of hydrogen-bond donors (Lipinski definition) is 0. The number of rotatable bonds is 4. The molecule has 58 heavy (non-hydrogen) atoms. The van der Waals surface area contributed by atoms with Crippen LogP contribution < -0.4 is 0 Å². The van der Waals surface area contributed by atoms with Gasteiger partial charge in [0, 0.05) is 54.7 Å². The fraction of sp³-hybridized carbons (Fsp3) is 0.565. The predicted molar refractivity (Wildman–Crippen MR) is 246 cm³/mol. The third kappa shape index (κ3) is 9.76. The van der Waals surface area contributed by atoms with Crippen LogP contribution in [0, 0.1) is 37.5 Å². The van der Waals surface area contributed by atoms with Gasteiger partial charge in [0.25, 0.3) is 0 Å². The van der Waals surface area contributed by atoms with E-state index in [2.05, 4.69) is 95.7 Å². The molecule has 0 radical (unpaired) electrons. The van der Waals surface area contributed by atoms with E-state index in [0.717, 1.165) is 70.8 Å². The van der Waals surface area contributed by atoms with Gasteiger partial charge in [-0.1, -0.05) is 64.4 Å². The lowest BCUT2D eigenvalue weighted by Crippen LogP contribution is -2.25. The van der Waals surface area contributed by atoms with Crippen LogP contribution in [-0.4, -0.2) is 53.2 Å². The van der Waals surface area contributed by atoms with Crippen molar-refractivity contribution >= 4 is 67.7 Å². The Balaban J connectivity index is 0.000000118. The number of carbonyl (C=O) groups is 2. The number of hydrogen-bond acceptors (Lipinski definition) is 10. The summed E-state index contributed by atoms with van der Waals surface area (Å²) in [5.41, 5.74) is 8.03. The number of Topliss-reactive ketones (excluding diaryl/α,β-unsaturated/α-hetero) is 2. The SMILES string of the molecule is C=C1SC2=C(CC(C)CC2)N1CC(C)=O.C=C1SC2=C(CCC(C)C2)N1CC(C)=O.Cc1cn2c3c(sc2n1)CC(C)CC3.Cc1cn2c3c(sc2n1)CCC(C)C3. The van der Waals surface area contributed by atoms with Crippen molar-refractivity contribution in [3.8, 4) is 0 Å². The van der Waals surface area contributed by atoms with Crippen molar-refractivity contribution in [3.05, 3.63) is 89.3 Å². The van der Waals surface area contributed by atoms with E-state index >= 15 is 0 Å². The van der Waals surface area contributed by atoms with Crippen LogP contribution in [-0.2, 0) is 35.3 Å². The largest absolute Gasteiger partial charge is 0.332 e. The zero-order valence-corrected chi connectivity index (χ0v) is 39.2. The average molecular weight is 859 g/mol. The van der Waals surface area contributed by atoms with Crippen molar-refractivity contribution in [1.82, 2.24) is 28.6 Å². The van der Waals surface area contributed by atoms with Crippen molar-refractivity contribution in [2.24, 2.45) is 23.7 Å². The molecule has 312 valence electrons. The molecule has 4 aromatic rings. The zero-order valence-electron chi connectivity index (χ0n) is 35.9. The quantitative estimate of drug-likeness (QED) is 0.201. The molecule has 12 heteroatoms. The maximum atomic E-state index is 11.2. The van der Waals surface area contributed by atoms with Crippen molar-refractivity contribution in [2.45, 2.75) is 132 Å². The lowest BCUT2D eigenvalue weighted by atomic mass is 9.93. The van der Waals surface area contributed by atoms with Crippen LogP contribution in [0.15, 0.2) is 56.8 Å². The second kappa shape index (κ2) is 18.3. The molecule has 0 aromatic carbocycles. The minimum Gasteiger partial charge on any atom is -0.332 e. The summed E-state index contributed by atoms with van der Waals surface area (Å²) in [6.45, 7) is 25.7. The molecule has 2 aliphatic heterocycles. The minimum atomic E-state index is 0.212. The Labute approximate surface area is 362 Å². The first-order valence-corrected chi connectivity index (χ1v) is 24.5. The molecular formula is C46H62N6O2S4. The van der Waals surface area contributed by atoms with E-state index in [-0.39, 0.29) is 11.6 Å². The molecule has 0 N–H and O–H groups in total. The zero-order chi connectivity index (χ0) is 41.4. The fourth-order valence-corrected chi connectivity index (χ4v) is 13.8. The third-order valence-electron chi connectivity index (χ3n) is 12.0. The number of thiazole rings is 2. The van der Waals surface area contributed by atoms with Crippen LogP contribution in [0.3, 0.4) is 0 Å². The van der Waals surface area contributed by atoms with Crippen LogP contribution in [0.2, 0.25) is 0 Å². The highest BCUT2D eigenvalue weighted by atomic mass is 32.2. The summed E-state index contributed by atoms with van der Waals surface area (Å²) in [4.78, 5) is 44.0. The van der Waals surface area contributed by atoms with E-state index in [1.54, 1.807) is 47.1 Å². The molecule has 6 aliphatic rings. The van der Waals surface area contributed by atoms with Crippen molar-refractivity contribution in [3.63, 3.8) is 0 Å². The maximum absolute atomic E-state index is 11.2. The lowest BCUT2D eigenvalue weighted by Gasteiger charge is -2.26. The summed E-state index contributed by atoms with van der Waals surface area (Å²) in [5.74, 6) is 3.63. The molecule has 4 atom stereocenters. The number of allylic oxidation sites excluding steroid dienone is 4. The number of aromatic nitrogens is 4. The topological polar surface area (TPSA) is 75.2 Å². The second-order valence-corrected chi connectivity index (χ2v) is 22.2. The molecule has 0 saturated heterocycles. The van der Waals surface area contributed by atoms with Crippen LogP contribution in [0.25, 0.3) is 9.92 Å². The maximum Gasteiger partial charge on any atom is 0.194 e. The van der Waals surface area contributed by atoms with Gasteiger partial charge in [-0.05, 0) is 128 Å². The van der Waals surface area contributed by atoms with E-state index in [4.69, 9.17) is 0 Å². The molecule has 0 bridgehead atoms. The predicted octanol–water partition coefficient (Wildman–Crippen LogP) is 11.9. The monoisotopic (exact) mass is 858 g/mol. The average Bonchev–Trinajstić information content (AvgIpc) is 3.98. The Hall–Kier alpha value is -3.06. The number of fused-ring (bicyclic) bond motifs is 6. The van der Waals surface area contributed by atoms with E-state index in [1.165, 1.54) is 93.9 Å². The van der Waals surface area contributed by atoms with Crippen molar-refractivity contribution < 1.29 is 9.59 Å². The molecule has 10 rings (SSSR count). The Morgan fingerprint density at radius 3 is 1.78 bits per heavy atom. The Kier molecular flexibility index (Phi) is 13.6. The molecule has 4 aliphatic carbocycles. The highest BCUT2D eigenvalue weighted by Crippen LogP contribution is 2.49. The summed E-state index contributed by atoms with van der Waals surface area (Å²) in [6, 6.07) is 0. The second-order valence-electron chi connectivity index (χ2n) is 17.7. The normalized spacial score (nSPS) is 23.7. The van der Waals surface area contributed by atoms with Crippen LogP contribution in [0.1, 0.15) is 125 Å². The Bertz CT molecular complexity index is 2280. The first kappa shape index (κ1) is 43.0. The van der Waals surface area contributed by atoms with Crippen molar-refractivity contribution in [1.29, 1.82) is 0 Å². The van der Waals surface area contributed by atoms with Gasteiger partial charge >= 0.3 is 0 Å². The molecule has 0 fully saturated rings. The number of nitrogens with zero attached hydrogens (tertiary/aromatic N) is 6. The molecule has 4 aromatic heterocycles. The highest BCUT2D eigenvalue weighted by Gasteiger charge is 2.32. The summed E-state index contributed by atoms with van der Waals surface area (Å²) < 4.78 is 4.59. The molecule has 0 spiro atoms. The standard InChI is InChI=1S/2C12H17NOS.2C11H14N2S/c1-8-4-5-12-11(6-8)13(7-9(2)14)10(3)15-12;1-8-4-5-11-12(6-8)15-10(3)13(11)7-9(2)14;1-7-3-4-10-9(5-7)13-6-8(2)12-11(13)14-10;1-7-3-4-9-10(5-7)14-11-12-8(2)6-13(9)11/h2*8H,3-7H2,1-2H3;2*6-7H,3-5H2,1-2H3. The first-order valence-electron chi connectivity index (χ1n) is 21.3.